The fourth-order valence-electron chi connectivity index (χ4n) is 1.35. The van der Waals surface area contributed by atoms with Crippen molar-refractivity contribution in [1.29, 1.82) is 0 Å². The van der Waals surface area contributed by atoms with Crippen molar-refractivity contribution in [3.8, 4) is 0 Å². The van der Waals surface area contributed by atoms with Gasteiger partial charge in [0.15, 0.2) is 0 Å². The summed E-state index contributed by atoms with van der Waals surface area (Å²) in [6.45, 7) is 4.27. The minimum Gasteiger partial charge on any atom is -0.147 e. The summed E-state index contributed by atoms with van der Waals surface area (Å²) in [6, 6.07) is 17.9. The van der Waals surface area contributed by atoms with E-state index in [0.717, 1.165) is 0 Å². The number of hydrogen-bond donors (Lipinski definition) is 0. The Labute approximate surface area is 126 Å². The second-order valence-corrected chi connectivity index (χ2v) is 7.00. The molecular weight excluding hydrogens is 367 g/mol. The van der Waals surface area contributed by atoms with Crippen LogP contribution in [0.25, 0.3) is 0 Å². The molecule has 0 heterocycles. The molecule has 0 aliphatic carbocycles. The third-order valence-corrected chi connectivity index (χ3v) is 5.18. The van der Waals surface area contributed by atoms with Gasteiger partial charge in [-0.25, -0.2) is 0 Å². The van der Waals surface area contributed by atoms with Crippen LogP contribution in [-0.2, 0) is 0 Å². The first-order valence-corrected chi connectivity index (χ1v) is 7.38. The zero-order chi connectivity index (χ0) is 10.7. The van der Waals surface area contributed by atoms with Crippen LogP contribution in [0.15, 0.2) is 48.5 Å². The van der Waals surface area contributed by atoms with Gasteiger partial charge in [-0.1, -0.05) is 0 Å². The van der Waals surface area contributed by atoms with Crippen LogP contribution in [-0.4, -0.2) is 20.9 Å². The Morgan fingerprint density at radius 2 is 0.882 bits per heavy atom. The van der Waals surface area contributed by atoms with Crippen LogP contribution in [0.4, 0.5) is 0 Å². The Bertz CT molecular complexity index is 391. The molecule has 0 aliphatic rings. The molecule has 2 aromatic carbocycles. The summed E-state index contributed by atoms with van der Waals surface area (Å²) in [5, 5.41) is 0. The molecule has 2 rings (SSSR count). The van der Waals surface area contributed by atoms with Gasteiger partial charge in [-0.05, 0) is 0 Å². The Hall–Kier alpha value is -0.190. The van der Waals surface area contributed by atoms with E-state index in [1.54, 1.807) is 0 Å². The molecule has 0 aliphatic heterocycles. The van der Waals surface area contributed by atoms with Gasteiger partial charge in [0.1, 0.15) is 0 Å². The summed E-state index contributed by atoms with van der Waals surface area (Å²) in [6.07, 6.45) is 0. The predicted octanol–water partition coefficient (Wildman–Crippen LogP) is 2.80. The third kappa shape index (κ3) is 5.32. The van der Waals surface area contributed by atoms with Gasteiger partial charge in [0.25, 0.3) is 0 Å². The first-order chi connectivity index (χ1) is 7.24. The summed E-state index contributed by atoms with van der Waals surface area (Å²) < 4.78 is 3.02. The van der Waals surface area contributed by atoms with E-state index in [9.17, 15) is 0 Å². The average Bonchev–Trinajstić information content (AvgIpc) is 2.25. The van der Waals surface area contributed by atoms with E-state index < -0.39 is 0 Å². The van der Waals surface area contributed by atoms with Crippen LogP contribution in [0, 0.1) is 13.8 Å². The van der Waals surface area contributed by atoms with Gasteiger partial charge in [0.05, 0.1) is 0 Å². The molecule has 3 heteroatoms. The molecule has 0 saturated heterocycles. The minimum absolute atomic E-state index is 0. The largest absolute Gasteiger partial charge is 0.147 e. The normalized spacial score (nSPS) is 9.06. The van der Waals surface area contributed by atoms with E-state index in [-0.39, 0.29) is 45.7 Å². The maximum Gasteiger partial charge on any atom is -0.147 e. The molecule has 0 spiro atoms. The molecule has 0 bridgehead atoms. The van der Waals surface area contributed by atoms with Crippen molar-refractivity contribution in [3.63, 3.8) is 0 Å². The molecule has 0 aromatic heterocycles. The quantitative estimate of drug-likeness (QED) is 0.701. The first-order valence-electron chi connectivity index (χ1n) is 5.05. The average molecular weight is 383 g/mol. The molecule has 2 aromatic rings. The van der Waals surface area contributed by atoms with Crippen molar-refractivity contribution >= 4 is 53.0 Å². The van der Waals surface area contributed by atoms with E-state index >= 15 is 0 Å². The van der Waals surface area contributed by atoms with Crippen LogP contribution < -0.4 is 7.22 Å². The molecule has 92 valence electrons. The van der Waals surface area contributed by atoms with Gasteiger partial charge >= 0.3 is 102 Å². The van der Waals surface area contributed by atoms with Crippen molar-refractivity contribution in [2.24, 2.45) is 0 Å². The molecule has 0 amide bonds. The van der Waals surface area contributed by atoms with E-state index in [4.69, 9.17) is 0 Å². The minimum atomic E-state index is -0.183. The van der Waals surface area contributed by atoms with Crippen LogP contribution >= 0.6 is 24.8 Å². The van der Waals surface area contributed by atoms with Gasteiger partial charge in [0, 0.05) is 0 Å². The molecule has 0 N–H and O–H groups in total. The Kier molecular flexibility index (Phi) is 7.92. The topological polar surface area (TPSA) is 0 Å². The number of benzene rings is 2. The van der Waals surface area contributed by atoms with Gasteiger partial charge < -0.3 is 0 Å². The van der Waals surface area contributed by atoms with E-state index in [1.807, 2.05) is 0 Å². The Morgan fingerprint density at radius 1 is 0.588 bits per heavy atom. The zero-order valence-electron chi connectivity index (χ0n) is 9.84. The summed E-state index contributed by atoms with van der Waals surface area (Å²) in [5.41, 5.74) is 2.69. The molecule has 0 saturated carbocycles. The van der Waals surface area contributed by atoms with Crippen LogP contribution in [0.3, 0.4) is 0 Å². The Balaban J connectivity index is 0.00000128. The SMILES string of the molecule is Cc1ccc([Te]c2ccc(C)cc2)cc1.Cl.Cl. The maximum atomic E-state index is 2.26. The van der Waals surface area contributed by atoms with Gasteiger partial charge in [-0.3, -0.25) is 0 Å². The Morgan fingerprint density at radius 3 is 1.18 bits per heavy atom. The predicted molar refractivity (Wildman–Crippen MR) is 81.9 cm³/mol. The molecule has 17 heavy (non-hydrogen) atoms. The second-order valence-electron chi connectivity index (χ2n) is 3.73. The zero-order valence-corrected chi connectivity index (χ0v) is 13.8. The molecule has 0 nitrogen and oxygen atoms in total. The fourth-order valence-corrected chi connectivity index (χ4v) is 3.68. The maximum absolute atomic E-state index is 2.26. The first kappa shape index (κ1) is 16.8. The third-order valence-electron chi connectivity index (χ3n) is 2.28. The number of halogens is 2. The molecular formula is C14H16Cl2Te. The van der Waals surface area contributed by atoms with Crippen molar-refractivity contribution < 1.29 is 0 Å². The van der Waals surface area contributed by atoms with Gasteiger partial charge in [0.2, 0.25) is 0 Å². The molecule has 0 fully saturated rings. The van der Waals surface area contributed by atoms with Crippen molar-refractivity contribution in [3.05, 3.63) is 59.7 Å². The van der Waals surface area contributed by atoms with Crippen LogP contribution in [0.2, 0.25) is 0 Å². The van der Waals surface area contributed by atoms with Crippen molar-refractivity contribution in [1.82, 2.24) is 0 Å². The van der Waals surface area contributed by atoms with Crippen LogP contribution in [0.1, 0.15) is 11.1 Å². The molecule has 0 unspecified atom stereocenters. The summed E-state index contributed by atoms with van der Waals surface area (Å²) in [7, 11) is 0. The van der Waals surface area contributed by atoms with Crippen molar-refractivity contribution in [2.45, 2.75) is 13.8 Å². The van der Waals surface area contributed by atoms with E-state index in [0.29, 0.717) is 0 Å². The number of rotatable bonds is 2. The van der Waals surface area contributed by atoms with Crippen LogP contribution in [0.5, 0.6) is 0 Å². The van der Waals surface area contributed by atoms with E-state index in [2.05, 4.69) is 62.4 Å². The monoisotopic (exact) mass is 384 g/mol. The standard InChI is InChI=1S/C14H14Te.2ClH/c1-11-3-7-13(8-4-11)15-14-9-5-12(2)6-10-14;;/h3-10H,1-2H3;2*1H. The molecule has 0 atom stereocenters. The van der Waals surface area contributed by atoms with E-state index in [1.165, 1.54) is 18.3 Å². The number of hydrogen-bond acceptors (Lipinski definition) is 0. The van der Waals surface area contributed by atoms with Gasteiger partial charge in [-0.2, -0.15) is 0 Å². The summed E-state index contributed by atoms with van der Waals surface area (Å²) in [5.74, 6) is 0. The smallest absolute Gasteiger partial charge is 0.147 e. The van der Waals surface area contributed by atoms with Gasteiger partial charge in [-0.15, -0.1) is 24.8 Å². The summed E-state index contributed by atoms with van der Waals surface area (Å²) >= 11 is -0.183. The number of aryl methyl sites for hydroxylation is 2. The second kappa shape index (κ2) is 8.01. The molecule has 0 radical (unpaired) electrons. The fraction of sp³-hybridized carbons (Fsp3) is 0.143. The summed E-state index contributed by atoms with van der Waals surface area (Å²) in [4.78, 5) is 0. The van der Waals surface area contributed by atoms with Crippen molar-refractivity contribution in [2.75, 3.05) is 0 Å².